The first kappa shape index (κ1) is 22.4. The second-order valence-corrected chi connectivity index (χ2v) is 9.57. The predicted molar refractivity (Wildman–Crippen MR) is 130 cm³/mol. The Morgan fingerprint density at radius 2 is 1.91 bits per heavy atom. The summed E-state index contributed by atoms with van der Waals surface area (Å²) in [7, 11) is 1.41. The van der Waals surface area contributed by atoms with E-state index in [9.17, 15) is 14.7 Å². The number of imidazole rings is 1. The van der Waals surface area contributed by atoms with Gasteiger partial charge in [0.1, 0.15) is 5.82 Å². The lowest BCUT2D eigenvalue weighted by atomic mass is 9.85. The number of aryl methyl sites for hydroxylation is 1. The van der Waals surface area contributed by atoms with Gasteiger partial charge in [-0.05, 0) is 56.7 Å². The second-order valence-electron chi connectivity index (χ2n) is 9.57. The zero-order valence-corrected chi connectivity index (χ0v) is 19.7. The van der Waals surface area contributed by atoms with Crippen LogP contribution in [-0.2, 0) is 22.4 Å². The third kappa shape index (κ3) is 3.93. The van der Waals surface area contributed by atoms with Crippen molar-refractivity contribution in [3.8, 4) is 0 Å². The van der Waals surface area contributed by atoms with Crippen LogP contribution in [-0.4, -0.2) is 39.9 Å². The first-order valence-electron chi connectivity index (χ1n) is 12.1. The van der Waals surface area contributed by atoms with Crippen molar-refractivity contribution in [1.29, 1.82) is 0 Å². The van der Waals surface area contributed by atoms with Crippen molar-refractivity contribution in [2.45, 2.75) is 64.0 Å². The van der Waals surface area contributed by atoms with Gasteiger partial charge in [0.2, 0.25) is 0 Å². The minimum Gasteiger partial charge on any atom is -0.481 e. The van der Waals surface area contributed by atoms with Gasteiger partial charge in [-0.25, -0.2) is 9.78 Å². The number of carboxylic acid groups (broad SMARTS) is 1. The number of ether oxygens (including phenoxy) is 1. The van der Waals surface area contributed by atoms with E-state index in [0.717, 1.165) is 60.2 Å². The molecule has 1 aliphatic heterocycles. The van der Waals surface area contributed by atoms with Gasteiger partial charge in [0.05, 0.1) is 29.7 Å². The minimum atomic E-state index is -0.709. The van der Waals surface area contributed by atoms with Gasteiger partial charge < -0.3 is 14.4 Å². The van der Waals surface area contributed by atoms with Crippen molar-refractivity contribution in [3.63, 3.8) is 0 Å². The Labute approximate surface area is 199 Å². The lowest BCUT2D eigenvalue weighted by Crippen LogP contribution is -2.42. The van der Waals surface area contributed by atoms with Crippen LogP contribution >= 0.6 is 0 Å². The van der Waals surface area contributed by atoms with Gasteiger partial charge in [0.25, 0.3) is 0 Å². The van der Waals surface area contributed by atoms with Crippen LogP contribution in [0, 0.1) is 5.92 Å². The number of hydrogen-bond donors (Lipinski definition) is 1. The zero-order chi connectivity index (χ0) is 23.8. The maximum Gasteiger partial charge on any atom is 0.414 e. The molecule has 0 unspecified atom stereocenters. The van der Waals surface area contributed by atoms with E-state index in [2.05, 4.69) is 16.7 Å². The highest BCUT2D eigenvalue weighted by Gasteiger charge is 2.34. The molecule has 1 aromatic heterocycles. The summed E-state index contributed by atoms with van der Waals surface area (Å²) in [6.07, 6.45) is 5.19. The number of nitrogens with zero attached hydrogens (tertiary/aromatic N) is 3. The van der Waals surface area contributed by atoms with Gasteiger partial charge in [-0.1, -0.05) is 36.8 Å². The van der Waals surface area contributed by atoms with Crippen molar-refractivity contribution in [3.05, 3.63) is 59.4 Å². The standard InChI is InChI=1S/C27H31N3O4/c1-17-11-12-21-22(29(17)27(33)34-2)13-14-23-25(21)28-24(15-18-7-4-3-5-8-18)30(23)20-10-6-9-19(16-20)26(31)32/h3-5,7-8,13-14,17,19-20H,6,9-12,15-16H2,1-2H3,(H,31,32)/t17-,19-,20-/m1/s1. The third-order valence-electron chi connectivity index (χ3n) is 7.46. The van der Waals surface area contributed by atoms with Crippen LogP contribution < -0.4 is 4.90 Å². The maximum absolute atomic E-state index is 12.6. The monoisotopic (exact) mass is 461 g/mol. The molecule has 7 heteroatoms. The highest BCUT2D eigenvalue weighted by atomic mass is 16.5. The molecule has 1 amide bonds. The molecule has 2 aliphatic rings. The Balaban J connectivity index is 1.65. The number of amides is 1. The van der Waals surface area contributed by atoms with Crippen molar-refractivity contribution in [1.82, 2.24) is 9.55 Å². The van der Waals surface area contributed by atoms with E-state index in [-0.39, 0.29) is 24.1 Å². The highest BCUT2D eigenvalue weighted by molar-refractivity contribution is 5.95. The van der Waals surface area contributed by atoms with E-state index in [0.29, 0.717) is 12.8 Å². The normalized spacial score (nSPS) is 22.4. The Morgan fingerprint density at radius 1 is 1.12 bits per heavy atom. The molecule has 2 heterocycles. The molecule has 1 aliphatic carbocycles. The lowest BCUT2D eigenvalue weighted by Gasteiger charge is -2.34. The number of carbonyl (C=O) groups excluding carboxylic acids is 1. The van der Waals surface area contributed by atoms with Gasteiger partial charge >= 0.3 is 12.1 Å². The molecular formula is C27H31N3O4. The maximum atomic E-state index is 12.6. The average Bonchev–Trinajstić information content (AvgIpc) is 3.22. The van der Waals surface area contributed by atoms with Crippen LogP contribution in [0.4, 0.5) is 10.5 Å². The van der Waals surface area contributed by atoms with Gasteiger partial charge in [0.15, 0.2) is 0 Å². The average molecular weight is 462 g/mol. The van der Waals surface area contributed by atoms with Gasteiger partial charge in [-0.2, -0.15) is 0 Å². The first-order chi connectivity index (χ1) is 16.5. The SMILES string of the molecule is COC(=O)N1c2ccc3c(nc(Cc4ccccc4)n3[C@@H]3CCC[C@@H](C(=O)O)C3)c2CC[C@H]1C. The molecule has 3 atom stereocenters. The summed E-state index contributed by atoms with van der Waals surface area (Å²) in [5.74, 6) is -0.0817. The molecule has 0 spiro atoms. The van der Waals surface area contributed by atoms with E-state index in [1.54, 1.807) is 4.90 Å². The summed E-state index contributed by atoms with van der Waals surface area (Å²) in [6, 6.07) is 14.5. The van der Waals surface area contributed by atoms with Crippen molar-refractivity contribution in [2.24, 2.45) is 5.92 Å². The summed E-state index contributed by atoms with van der Waals surface area (Å²) in [5.41, 5.74) is 5.05. The van der Waals surface area contributed by atoms with E-state index < -0.39 is 5.97 Å². The van der Waals surface area contributed by atoms with Gasteiger partial charge in [-0.3, -0.25) is 9.69 Å². The molecule has 0 bridgehead atoms. The molecule has 3 aromatic rings. The predicted octanol–water partition coefficient (Wildman–Crippen LogP) is 5.35. The topological polar surface area (TPSA) is 84.7 Å². The molecule has 0 saturated heterocycles. The Hall–Kier alpha value is -3.35. The molecule has 1 fully saturated rings. The van der Waals surface area contributed by atoms with Crippen molar-refractivity contribution >= 4 is 28.8 Å². The van der Waals surface area contributed by atoms with Crippen LogP contribution in [0.5, 0.6) is 0 Å². The highest BCUT2D eigenvalue weighted by Crippen LogP contribution is 2.40. The number of carbonyl (C=O) groups is 2. The number of methoxy groups -OCH3 is 1. The van der Waals surface area contributed by atoms with Crippen molar-refractivity contribution < 1.29 is 19.4 Å². The number of aromatic nitrogens is 2. The Kier molecular flexibility index (Phi) is 6.02. The first-order valence-corrected chi connectivity index (χ1v) is 12.1. The van der Waals surface area contributed by atoms with Crippen molar-refractivity contribution in [2.75, 3.05) is 12.0 Å². The number of hydrogen-bond acceptors (Lipinski definition) is 4. The lowest BCUT2D eigenvalue weighted by molar-refractivity contribution is -0.143. The van der Waals surface area contributed by atoms with Crippen LogP contribution in [0.2, 0.25) is 0 Å². The fourth-order valence-electron chi connectivity index (χ4n) is 5.76. The number of rotatable bonds is 4. The van der Waals surface area contributed by atoms with Crippen LogP contribution in [0.15, 0.2) is 42.5 Å². The number of anilines is 1. The molecule has 1 saturated carbocycles. The molecule has 1 N–H and O–H groups in total. The summed E-state index contributed by atoms with van der Waals surface area (Å²) in [4.78, 5) is 31.2. The Bertz CT molecular complexity index is 1220. The molecule has 178 valence electrons. The van der Waals surface area contributed by atoms with Gasteiger partial charge in [-0.15, -0.1) is 0 Å². The zero-order valence-electron chi connectivity index (χ0n) is 19.7. The fraction of sp³-hybridized carbons (Fsp3) is 0.444. The molecule has 34 heavy (non-hydrogen) atoms. The molecule has 2 aromatic carbocycles. The smallest absolute Gasteiger partial charge is 0.414 e. The quantitative estimate of drug-likeness (QED) is 0.566. The molecular weight excluding hydrogens is 430 g/mol. The van der Waals surface area contributed by atoms with Crippen LogP contribution in [0.25, 0.3) is 11.0 Å². The largest absolute Gasteiger partial charge is 0.481 e. The fourth-order valence-corrected chi connectivity index (χ4v) is 5.76. The van der Waals surface area contributed by atoms with E-state index in [1.165, 1.54) is 12.7 Å². The summed E-state index contributed by atoms with van der Waals surface area (Å²) >= 11 is 0. The van der Waals surface area contributed by atoms with E-state index in [1.807, 2.05) is 37.3 Å². The molecule has 0 radical (unpaired) electrons. The number of fused-ring (bicyclic) bond motifs is 3. The Morgan fingerprint density at radius 3 is 2.65 bits per heavy atom. The number of carboxylic acids is 1. The van der Waals surface area contributed by atoms with Crippen LogP contribution in [0.1, 0.15) is 62.0 Å². The second kappa shape index (κ2) is 9.12. The minimum absolute atomic E-state index is 0.0537. The summed E-state index contributed by atoms with van der Waals surface area (Å²) in [6.45, 7) is 2.04. The molecule has 5 rings (SSSR count). The summed E-state index contributed by atoms with van der Waals surface area (Å²) in [5, 5.41) is 9.68. The van der Waals surface area contributed by atoms with E-state index >= 15 is 0 Å². The number of benzene rings is 2. The van der Waals surface area contributed by atoms with Gasteiger partial charge in [0, 0.05) is 24.1 Å². The number of aliphatic carboxylic acids is 1. The molecule has 7 nitrogen and oxygen atoms in total. The third-order valence-corrected chi connectivity index (χ3v) is 7.46. The van der Waals surface area contributed by atoms with E-state index in [4.69, 9.17) is 9.72 Å². The van der Waals surface area contributed by atoms with Crippen LogP contribution in [0.3, 0.4) is 0 Å². The summed E-state index contributed by atoms with van der Waals surface area (Å²) < 4.78 is 7.36.